The Bertz CT molecular complexity index is 1600. The van der Waals surface area contributed by atoms with Crippen LogP contribution in [0.5, 0.6) is 23.0 Å². The maximum absolute atomic E-state index is 13.0. The third-order valence-electron chi connectivity index (χ3n) is 7.76. The SMILES string of the molecule is COc1cc(C(=O)/C=C/c2ccccn2)cc(CN2CCN(Cc3cc(C(=O)/C=C/c4ccccn4)cc(OC)c3O)CC2)c1O. The molecule has 3 heterocycles. The third-order valence-corrected chi connectivity index (χ3v) is 7.76. The van der Waals surface area contributed by atoms with Crippen molar-refractivity contribution < 1.29 is 29.3 Å². The number of rotatable bonds is 12. The van der Waals surface area contributed by atoms with Crippen LogP contribution in [0.15, 0.2) is 85.2 Å². The number of aromatic hydroxyl groups is 2. The van der Waals surface area contributed by atoms with Gasteiger partial charge in [0.1, 0.15) is 0 Å². The van der Waals surface area contributed by atoms with E-state index in [-0.39, 0.29) is 34.6 Å². The van der Waals surface area contributed by atoms with Crippen LogP contribution in [-0.2, 0) is 13.1 Å². The van der Waals surface area contributed by atoms with Crippen molar-refractivity contribution in [1.29, 1.82) is 0 Å². The Hall–Kier alpha value is -5.32. The van der Waals surface area contributed by atoms with Crippen molar-refractivity contribution in [1.82, 2.24) is 19.8 Å². The zero-order valence-corrected chi connectivity index (χ0v) is 25.8. The molecule has 1 aliphatic heterocycles. The molecule has 5 rings (SSSR count). The Morgan fingerprint density at radius 2 is 1.11 bits per heavy atom. The van der Waals surface area contributed by atoms with E-state index in [2.05, 4.69) is 19.8 Å². The minimum absolute atomic E-state index is 0.00535. The molecule has 4 aromatic rings. The number of hydrogen-bond acceptors (Lipinski definition) is 10. The van der Waals surface area contributed by atoms with E-state index in [0.717, 1.165) is 0 Å². The van der Waals surface area contributed by atoms with Crippen LogP contribution in [0.25, 0.3) is 12.2 Å². The molecule has 2 N–H and O–H groups in total. The minimum Gasteiger partial charge on any atom is -0.504 e. The van der Waals surface area contributed by atoms with E-state index in [0.29, 0.717) is 72.9 Å². The van der Waals surface area contributed by atoms with Crippen LogP contribution in [0, 0.1) is 0 Å². The van der Waals surface area contributed by atoms with E-state index in [4.69, 9.17) is 9.47 Å². The number of ether oxygens (including phenoxy) is 2. The summed E-state index contributed by atoms with van der Waals surface area (Å²) in [5.74, 6) is 0.0341. The van der Waals surface area contributed by atoms with Gasteiger partial charge in [0, 0.05) is 73.9 Å². The summed E-state index contributed by atoms with van der Waals surface area (Å²) in [4.78, 5) is 38.7. The average molecular weight is 621 g/mol. The number of ketones is 2. The number of hydrogen-bond donors (Lipinski definition) is 2. The molecule has 0 unspecified atom stereocenters. The highest BCUT2D eigenvalue weighted by Crippen LogP contribution is 2.34. The molecule has 0 aliphatic carbocycles. The van der Waals surface area contributed by atoms with E-state index in [1.165, 1.54) is 38.5 Å². The smallest absolute Gasteiger partial charge is 0.186 e. The van der Waals surface area contributed by atoms with Gasteiger partial charge < -0.3 is 19.7 Å². The third kappa shape index (κ3) is 8.03. The summed E-state index contributed by atoms with van der Waals surface area (Å²) in [6.45, 7) is 3.58. The van der Waals surface area contributed by atoms with Crippen LogP contribution < -0.4 is 9.47 Å². The predicted octanol–water partition coefficient (Wildman–Crippen LogP) is 5.02. The van der Waals surface area contributed by atoms with Crippen LogP contribution in [0.1, 0.15) is 43.2 Å². The summed E-state index contributed by atoms with van der Waals surface area (Å²) in [5.41, 5.74) is 3.34. The van der Waals surface area contributed by atoms with Gasteiger partial charge in [-0.15, -0.1) is 0 Å². The molecular weight excluding hydrogens is 584 g/mol. The molecule has 0 amide bonds. The second-order valence-electron chi connectivity index (χ2n) is 10.8. The number of allylic oxidation sites excluding steroid dienone is 2. The molecule has 0 atom stereocenters. The standard InChI is InChI=1S/C36H36N4O6/c1-45-33-21-25(31(41)11-9-29-7-3-5-13-37-29)19-27(35(33)43)23-39-15-17-40(18-16-39)24-28-20-26(22-34(46-2)36(28)44)32(42)12-10-30-8-4-6-14-38-30/h3-14,19-22,43-44H,15-18,23-24H2,1-2H3/b11-9+,12-10+. The maximum Gasteiger partial charge on any atom is 0.186 e. The van der Waals surface area contributed by atoms with E-state index in [1.54, 1.807) is 36.7 Å². The van der Waals surface area contributed by atoms with Crippen LogP contribution in [0.4, 0.5) is 0 Å². The lowest BCUT2D eigenvalue weighted by molar-refractivity contribution is 0.103. The molecule has 0 bridgehead atoms. The number of carbonyl (C=O) groups is 2. The number of phenols is 2. The summed E-state index contributed by atoms with van der Waals surface area (Å²) in [6.07, 6.45) is 9.54. The fraction of sp³-hybridized carbons (Fsp3) is 0.222. The van der Waals surface area contributed by atoms with Crippen LogP contribution in [-0.4, -0.2) is 81.9 Å². The molecule has 0 saturated carbocycles. The molecule has 0 radical (unpaired) electrons. The van der Waals surface area contributed by atoms with Crippen LogP contribution in [0.3, 0.4) is 0 Å². The first-order valence-corrected chi connectivity index (χ1v) is 14.9. The number of aromatic nitrogens is 2. The zero-order chi connectivity index (χ0) is 32.5. The lowest BCUT2D eigenvalue weighted by Gasteiger charge is -2.35. The van der Waals surface area contributed by atoms with Crippen molar-refractivity contribution in [3.05, 3.63) is 119 Å². The van der Waals surface area contributed by atoms with Crippen LogP contribution >= 0.6 is 0 Å². The number of methoxy groups -OCH3 is 2. The van der Waals surface area contributed by atoms with Gasteiger partial charge in [0.25, 0.3) is 0 Å². The van der Waals surface area contributed by atoms with Gasteiger partial charge in [-0.2, -0.15) is 0 Å². The molecule has 2 aromatic carbocycles. The molecule has 236 valence electrons. The molecule has 46 heavy (non-hydrogen) atoms. The molecular formula is C36H36N4O6. The monoisotopic (exact) mass is 620 g/mol. The Kier molecular flexibility index (Phi) is 10.5. The van der Waals surface area contributed by atoms with Crippen LogP contribution in [0.2, 0.25) is 0 Å². The molecule has 1 saturated heterocycles. The van der Waals surface area contributed by atoms with Gasteiger partial charge in [0.2, 0.25) is 0 Å². The van der Waals surface area contributed by atoms with Crippen molar-refractivity contribution in [2.24, 2.45) is 0 Å². The Balaban J connectivity index is 1.24. The van der Waals surface area contributed by atoms with Gasteiger partial charge in [-0.25, -0.2) is 0 Å². The van der Waals surface area contributed by atoms with Crippen molar-refractivity contribution in [3.8, 4) is 23.0 Å². The second kappa shape index (κ2) is 15.1. The molecule has 10 nitrogen and oxygen atoms in total. The van der Waals surface area contributed by atoms with E-state index < -0.39 is 0 Å². The largest absolute Gasteiger partial charge is 0.504 e. The number of phenolic OH excluding ortho intramolecular Hbond substituents is 2. The first-order chi connectivity index (χ1) is 22.3. The highest BCUT2D eigenvalue weighted by Gasteiger charge is 2.23. The summed E-state index contributed by atoms with van der Waals surface area (Å²) in [6, 6.07) is 17.4. The van der Waals surface area contributed by atoms with Gasteiger partial charge in [-0.05, 0) is 72.8 Å². The number of piperazine rings is 1. The highest BCUT2D eigenvalue weighted by molar-refractivity contribution is 6.08. The number of nitrogens with zero attached hydrogens (tertiary/aromatic N) is 4. The van der Waals surface area contributed by atoms with Gasteiger partial charge in [0.15, 0.2) is 34.6 Å². The van der Waals surface area contributed by atoms with E-state index in [9.17, 15) is 19.8 Å². The number of carbonyl (C=O) groups excluding carboxylic acids is 2. The van der Waals surface area contributed by atoms with Gasteiger partial charge >= 0.3 is 0 Å². The van der Waals surface area contributed by atoms with Gasteiger partial charge in [-0.3, -0.25) is 29.4 Å². The van der Waals surface area contributed by atoms with Crippen molar-refractivity contribution in [3.63, 3.8) is 0 Å². The molecule has 2 aromatic heterocycles. The Morgan fingerprint density at radius 3 is 1.46 bits per heavy atom. The summed E-state index contributed by atoms with van der Waals surface area (Å²) in [7, 11) is 2.92. The summed E-state index contributed by atoms with van der Waals surface area (Å²) < 4.78 is 10.8. The zero-order valence-electron chi connectivity index (χ0n) is 25.8. The normalized spacial score (nSPS) is 14.1. The summed E-state index contributed by atoms with van der Waals surface area (Å²) in [5, 5.41) is 21.7. The van der Waals surface area contributed by atoms with Crippen molar-refractivity contribution >= 4 is 23.7 Å². The predicted molar refractivity (Wildman–Crippen MR) is 175 cm³/mol. The fourth-order valence-electron chi connectivity index (χ4n) is 5.22. The van der Waals surface area contributed by atoms with E-state index in [1.807, 2.05) is 36.4 Å². The molecule has 10 heteroatoms. The van der Waals surface area contributed by atoms with Gasteiger partial charge in [0.05, 0.1) is 25.6 Å². The van der Waals surface area contributed by atoms with Crippen molar-refractivity contribution in [2.75, 3.05) is 40.4 Å². The quantitative estimate of drug-likeness (QED) is 0.165. The molecule has 1 aliphatic rings. The number of benzene rings is 2. The first kappa shape index (κ1) is 32.1. The fourth-order valence-corrected chi connectivity index (χ4v) is 5.22. The van der Waals surface area contributed by atoms with Gasteiger partial charge in [-0.1, -0.05) is 12.1 Å². The second-order valence-corrected chi connectivity index (χ2v) is 10.8. The molecule has 0 spiro atoms. The molecule has 1 fully saturated rings. The highest BCUT2D eigenvalue weighted by atomic mass is 16.5. The first-order valence-electron chi connectivity index (χ1n) is 14.9. The lowest BCUT2D eigenvalue weighted by Crippen LogP contribution is -2.45. The maximum atomic E-state index is 13.0. The minimum atomic E-state index is -0.224. The summed E-state index contributed by atoms with van der Waals surface area (Å²) >= 11 is 0. The Morgan fingerprint density at radius 1 is 0.696 bits per heavy atom. The number of pyridine rings is 2. The Labute approximate surface area is 267 Å². The lowest BCUT2D eigenvalue weighted by atomic mass is 10.0. The average Bonchev–Trinajstić information content (AvgIpc) is 3.09. The topological polar surface area (TPSA) is 125 Å². The van der Waals surface area contributed by atoms with E-state index >= 15 is 0 Å². The van der Waals surface area contributed by atoms with Crippen molar-refractivity contribution in [2.45, 2.75) is 13.1 Å².